The van der Waals surface area contributed by atoms with E-state index >= 15 is 0 Å². The molecule has 1 aliphatic carbocycles. The molecule has 1 heterocycles. The second-order valence-electron chi connectivity index (χ2n) is 6.93. The molecule has 1 aromatic carbocycles. The van der Waals surface area contributed by atoms with Crippen molar-refractivity contribution >= 4 is 21.8 Å². The molecule has 1 amide bonds. The Bertz CT molecular complexity index is 555. The van der Waals surface area contributed by atoms with Crippen LogP contribution in [0.2, 0.25) is 0 Å². The highest BCUT2D eigenvalue weighted by Crippen LogP contribution is 2.31. The molecule has 132 valence electrons. The largest absolute Gasteiger partial charge is 0.380 e. The van der Waals surface area contributed by atoms with Crippen molar-refractivity contribution in [1.82, 2.24) is 9.80 Å². The van der Waals surface area contributed by atoms with Crippen molar-refractivity contribution < 1.29 is 9.53 Å². The summed E-state index contributed by atoms with van der Waals surface area (Å²) >= 11 is 3.43. The van der Waals surface area contributed by atoms with Gasteiger partial charge in [-0.1, -0.05) is 15.9 Å². The Kier molecular flexibility index (Phi) is 5.95. The first-order valence-corrected chi connectivity index (χ1v) is 9.70. The lowest BCUT2D eigenvalue weighted by molar-refractivity contribution is -0.0388. The van der Waals surface area contributed by atoms with Gasteiger partial charge < -0.3 is 9.64 Å². The standard InChI is InChI=1S/C19H27BrN2O2/c1-21(19(23)14-8-10-15(20)11-9-14)16-6-5-7-17(24-2)18(16)22-12-3-4-13-22/h8-11,16-18H,3-7,12-13H2,1-2H3/t16-,17+,18+/m1/s1. The topological polar surface area (TPSA) is 32.8 Å². The molecule has 1 saturated carbocycles. The van der Waals surface area contributed by atoms with E-state index < -0.39 is 0 Å². The molecule has 0 N–H and O–H groups in total. The summed E-state index contributed by atoms with van der Waals surface area (Å²) in [5, 5.41) is 0. The number of ether oxygens (including phenoxy) is 1. The Morgan fingerprint density at radius 3 is 2.46 bits per heavy atom. The van der Waals surface area contributed by atoms with Crippen LogP contribution in [0.25, 0.3) is 0 Å². The second kappa shape index (κ2) is 7.98. The number of hydrogen-bond donors (Lipinski definition) is 0. The van der Waals surface area contributed by atoms with Crippen molar-refractivity contribution in [2.45, 2.75) is 50.3 Å². The molecule has 5 heteroatoms. The van der Waals surface area contributed by atoms with Gasteiger partial charge in [-0.15, -0.1) is 0 Å². The zero-order chi connectivity index (χ0) is 17.1. The Labute approximate surface area is 153 Å². The molecule has 0 bridgehead atoms. The van der Waals surface area contributed by atoms with Gasteiger partial charge in [-0.25, -0.2) is 0 Å². The highest BCUT2D eigenvalue weighted by Gasteiger charge is 2.41. The number of likely N-dealkylation sites (N-methyl/N-ethyl adjacent to an activating group) is 1. The van der Waals surface area contributed by atoms with Crippen LogP contribution in [0.4, 0.5) is 0 Å². The number of carbonyl (C=O) groups is 1. The maximum atomic E-state index is 13.0. The summed E-state index contributed by atoms with van der Waals surface area (Å²) in [5.74, 6) is 0.105. The summed E-state index contributed by atoms with van der Waals surface area (Å²) in [6.45, 7) is 2.25. The SMILES string of the molecule is CO[C@H]1CCC[C@@H](N(C)C(=O)c2ccc(Br)cc2)[C@@H]1N1CCCC1. The minimum atomic E-state index is 0.105. The van der Waals surface area contributed by atoms with Gasteiger partial charge in [0.2, 0.25) is 0 Å². The average molecular weight is 395 g/mol. The lowest BCUT2D eigenvalue weighted by atomic mass is 9.85. The van der Waals surface area contributed by atoms with Gasteiger partial charge in [-0.2, -0.15) is 0 Å². The van der Waals surface area contributed by atoms with E-state index in [1.165, 1.54) is 12.8 Å². The number of benzene rings is 1. The molecule has 0 aromatic heterocycles. The van der Waals surface area contributed by atoms with Gasteiger partial charge in [0.05, 0.1) is 12.1 Å². The normalized spacial score (nSPS) is 28.0. The van der Waals surface area contributed by atoms with E-state index in [9.17, 15) is 4.79 Å². The molecule has 0 radical (unpaired) electrons. The Balaban J connectivity index is 1.80. The lowest BCUT2D eigenvalue weighted by Gasteiger charge is -2.46. The van der Waals surface area contributed by atoms with Crippen molar-refractivity contribution in [2.75, 3.05) is 27.2 Å². The van der Waals surface area contributed by atoms with Crippen LogP contribution >= 0.6 is 15.9 Å². The fourth-order valence-electron chi connectivity index (χ4n) is 4.26. The van der Waals surface area contributed by atoms with E-state index in [2.05, 4.69) is 20.8 Å². The average Bonchev–Trinajstić information content (AvgIpc) is 3.14. The molecule has 2 aliphatic rings. The number of nitrogens with zero attached hydrogens (tertiary/aromatic N) is 2. The first-order chi connectivity index (χ1) is 11.6. The first-order valence-electron chi connectivity index (χ1n) is 8.91. The number of rotatable bonds is 4. The molecule has 3 rings (SSSR count). The Morgan fingerprint density at radius 2 is 1.83 bits per heavy atom. The van der Waals surface area contributed by atoms with E-state index in [1.807, 2.05) is 43.3 Å². The highest BCUT2D eigenvalue weighted by atomic mass is 79.9. The molecule has 4 nitrogen and oxygen atoms in total. The van der Waals surface area contributed by atoms with Gasteiger partial charge in [0.15, 0.2) is 0 Å². The van der Waals surface area contributed by atoms with Crippen LogP contribution in [-0.2, 0) is 4.74 Å². The van der Waals surface area contributed by atoms with Crippen LogP contribution in [-0.4, -0.2) is 61.1 Å². The van der Waals surface area contributed by atoms with Crippen molar-refractivity contribution in [3.05, 3.63) is 34.3 Å². The maximum Gasteiger partial charge on any atom is 0.253 e. The van der Waals surface area contributed by atoms with Crippen molar-refractivity contribution in [3.63, 3.8) is 0 Å². The van der Waals surface area contributed by atoms with Gasteiger partial charge in [-0.3, -0.25) is 9.69 Å². The van der Waals surface area contributed by atoms with E-state index in [0.29, 0.717) is 6.04 Å². The monoisotopic (exact) mass is 394 g/mol. The van der Waals surface area contributed by atoms with Crippen LogP contribution < -0.4 is 0 Å². The molecular formula is C19H27BrN2O2. The highest BCUT2D eigenvalue weighted by molar-refractivity contribution is 9.10. The van der Waals surface area contributed by atoms with Crippen LogP contribution in [0.3, 0.4) is 0 Å². The van der Waals surface area contributed by atoms with Gasteiger partial charge >= 0.3 is 0 Å². The summed E-state index contributed by atoms with van der Waals surface area (Å²) in [6, 6.07) is 8.18. The Morgan fingerprint density at radius 1 is 1.17 bits per heavy atom. The number of carbonyl (C=O) groups excluding carboxylic acids is 1. The molecular weight excluding hydrogens is 368 g/mol. The third kappa shape index (κ3) is 3.68. The van der Waals surface area contributed by atoms with Gasteiger partial charge in [0.25, 0.3) is 5.91 Å². The van der Waals surface area contributed by atoms with Crippen LogP contribution in [0, 0.1) is 0 Å². The number of amides is 1. The van der Waals surface area contributed by atoms with E-state index in [1.54, 1.807) is 0 Å². The number of methoxy groups -OCH3 is 1. The van der Waals surface area contributed by atoms with Gasteiger partial charge in [0.1, 0.15) is 0 Å². The molecule has 24 heavy (non-hydrogen) atoms. The van der Waals surface area contributed by atoms with Crippen LogP contribution in [0.1, 0.15) is 42.5 Å². The third-order valence-corrected chi connectivity index (χ3v) is 6.07. The Hall–Kier alpha value is -0.910. The fourth-order valence-corrected chi connectivity index (χ4v) is 4.53. The maximum absolute atomic E-state index is 13.0. The smallest absolute Gasteiger partial charge is 0.253 e. The predicted molar refractivity (Wildman–Crippen MR) is 99.3 cm³/mol. The van der Waals surface area contributed by atoms with E-state index in [-0.39, 0.29) is 18.1 Å². The van der Waals surface area contributed by atoms with E-state index in [4.69, 9.17) is 4.74 Å². The van der Waals surface area contributed by atoms with Crippen molar-refractivity contribution in [1.29, 1.82) is 0 Å². The summed E-state index contributed by atoms with van der Waals surface area (Å²) in [5.41, 5.74) is 0.750. The molecule has 0 unspecified atom stereocenters. The second-order valence-corrected chi connectivity index (χ2v) is 7.84. The minimum Gasteiger partial charge on any atom is -0.380 e. The zero-order valence-electron chi connectivity index (χ0n) is 14.6. The molecule has 1 aliphatic heterocycles. The van der Waals surface area contributed by atoms with E-state index in [0.717, 1.165) is 42.4 Å². The first kappa shape index (κ1) is 17.9. The summed E-state index contributed by atoms with van der Waals surface area (Å²) < 4.78 is 6.81. The fraction of sp³-hybridized carbons (Fsp3) is 0.632. The lowest BCUT2D eigenvalue weighted by Crippen LogP contribution is -2.59. The molecule has 3 atom stereocenters. The summed E-state index contributed by atoms with van der Waals surface area (Å²) in [6.07, 6.45) is 6.00. The zero-order valence-corrected chi connectivity index (χ0v) is 16.2. The summed E-state index contributed by atoms with van der Waals surface area (Å²) in [4.78, 5) is 17.5. The van der Waals surface area contributed by atoms with Crippen molar-refractivity contribution in [2.24, 2.45) is 0 Å². The van der Waals surface area contributed by atoms with Crippen LogP contribution in [0.5, 0.6) is 0 Å². The molecule has 2 fully saturated rings. The number of halogens is 1. The number of likely N-dealkylation sites (tertiary alicyclic amines) is 1. The minimum absolute atomic E-state index is 0.105. The van der Waals surface area contributed by atoms with Crippen molar-refractivity contribution in [3.8, 4) is 0 Å². The summed E-state index contributed by atoms with van der Waals surface area (Å²) in [7, 11) is 3.77. The number of hydrogen-bond acceptors (Lipinski definition) is 3. The van der Waals surface area contributed by atoms with Gasteiger partial charge in [0, 0.05) is 30.2 Å². The molecule has 1 aromatic rings. The predicted octanol–water partition coefficient (Wildman–Crippen LogP) is 3.55. The quantitative estimate of drug-likeness (QED) is 0.782. The third-order valence-electron chi connectivity index (χ3n) is 5.54. The molecule has 0 spiro atoms. The van der Waals surface area contributed by atoms with Crippen LogP contribution in [0.15, 0.2) is 28.7 Å². The molecule has 1 saturated heterocycles. The van der Waals surface area contributed by atoms with Gasteiger partial charge in [-0.05, 0) is 69.5 Å².